The Morgan fingerprint density at radius 2 is 0.700 bits per heavy atom. The molecule has 3 heterocycles. The second kappa shape index (κ2) is 60.0. The van der Waals surface area contributed by atoms with Crippen LogP contribution in [0.25, 0.3) is 0 Å². The Balaban J connectivity index is 1.39. The number of ether oxygens (including phenoxy) is 6. The number of hydrogen-bond acceptors (Lipinski definition) is 18. The van der Waals surface area contributed by atoms with Gasteiger partial charge in [0.15, 0.2) is 18.9 Å². The maximum Gasteiger partial charge on any atom is 0.220 e. The Hall–Kier alpha value is -4.33. The van der Waals surface area contributed by atoms with Gasteiger partial charge in [-0.15, -0.1) is 0 Å². The van der Waals surface area contributed by atoms with Crippen LogP contribution in [0, 0.1) is 0 Å². The predicted molar refractivity (Wildman–Crippen MR) is 396 cm³/mol. The highest BCUT2D eigenvalue weighted by atomic mass is 16.8. The fourth-order valence-corrected chi connectivity index (χ4v) is 11.8. The number of rotatable bonds is 57. The molecule has 570 valence electrons. The summed E-state index contributed by atoms with van der Waals surface area (Å²) in [6.07, 6.45) is 59.6. The number of unbranched alkanes of at least 4 members (excludes halogenated alkanes) is 19. The normalized spacial score (nSPS) is 27.3. The molecular weight excluding hydrogens is 1270 g/mol. The first-order chi connectivity index (χ1) is 48.8. The molecule has 17 atom stereocenters. The minimum Gasteiger partial charge on any atom is -0.394 e. The van der Waals surface area contributed by atoms with E-state index in [-0.39, 0.29) is 18.9 Å². The van der Waals surface area contributed by atoms with Gasteiger partial charge in [0.2, 0.25) is 5.91 Å². The zero-order valence-electron chi connectivity index (χ0n) is 60.6. The zero-order valence-corrected chi connectivity index (χ0v) is 60.6. The third-order valence-corrected chi connectivity index (χ3v) is 17.9. The van der Waals surface area contributed by atoms with Gasteiger partial charge < -0.3 is 89.9 Å². The molecule has 0 aromatic carbocycles. The van der Waals surface area contributed by atoms with Crippen molar-refractivity contribution < 1.29 is 89.4 Å². The van der Waals surface area contributed by atoms with Gasteiger partial charge in [-0.2, -0.15) is 0 Å². The summed E-state index contributed by atoms with van der Waals surface area (Å²) in [5.41, 5.74) is 0. The van der Waals surface area contributed by atoms with Gasteiger partial charge in [0, 0.05) is 6.42 Å². The van der Waals surface area contributed by atoms with Gasteiger partial charge in [0.25, 0.3) is 0 Å². The summed E-state index contributed by atoms with van der Waals surface area (Å²) >= 11 is 0. The van der Waals surface area contributed by atoms with Gasteiger partial charge in [-0.1, -0.05) is 256 Å². The van der Waals surface area contributed by atoms with Crippen molar-refractivity contribution in [3.8, 4) is 0 Å². The average molecular weight is 1410 g/mol. The van der Waals surface area contributed by atoms with Crippen LogP contribution >= 0.6 is 0 Å². The third-order valence-electron chi connectivity index (χ3n) is 17.9. The van der Waals surface area contributed by atoms with Gasteiger partial charge in [0.1, 0.15) is 73.2 Å². The summed E-state index contributed by atoms with van der Waals surface area (Å²) in [5, 5.41) is 121. The number of nitrogens with one attached hydrogen (secondary N) is 1. The highest BCUT2D eigenvalue weighted by Crippen LogP contribution is 2.33. The Kier molecular flexibility index (Phi) is 53.9. The molecule has 0 spiro atoms. The second-order valence-electron chi connectivity index (χ2n) is 26.4. The second-order valence-corrected chi connectivity index (χ2v) is 26.4. The van der Waals surface area contributed by atoms with Crippen LogP contribution in [0.2, 0.25) is 0 Å². The van der Waals surface area contributed by atoms with E-state index in [4.69, 9.17) is 28.4 Å². The molecule has 0 bridgehead atoms. The highest BCUT2D eigenvalue weighted by molar-refractivity contribution is 5.76. The zero-order chi connectivity index (χ0) is 72.5. The number of carbonyl (C=O) groups excluding carboxylic acids is 1. The number of aliphatic hydroxyl groups excluding tert-OH is 11. The van der Waals surface area contributed by atoms with E-state index < -0.39 is 124 Å². The van der Waals surface area contributed by atoms with Crippen molar-refractivity contribution in [2.45, 2.75) is 330 Å². The Morgan fingerprint density at radius 3 is 1.12 bits per heavy atom. The van der Waals surface area contributed by atoms with Crippen LogP contribution in [0.1, 0.15) is 226 Å². The monoisotopic (exact) mass is 1410 g/mol. The first kappa shape index (κ1) is 89.9. The van der Waals surface area contributed by atoms with Crippen molar-refractivity contribution in [3.05, 3.63) is 146 Å². The summed E-state index contributed by atoms with van der Waals surface area (Å²) in [4.78, 5) is 13.4. The van der Waals surface area contributed by atoms with Crippen molar-refractivity contribution in [3.63, 3.8) is 0 Å². The molecule has 3 saturated heterocycles. The quantitative estimate of drug-likeness (QED) is 0.0199. The molecule has 19 heteroatoms. The standard InChI is InChI=1S/C81H133NO18/c1-3-5-7-9-11-13-15-17-19-21-23-24-25-26-27-28-29-30-31-32-33-34-35-36-37-38-39-40-41-43-45-47-49-51-53-55-57-59-69(87)82-64(65(86)58-56-54-52-50-48-46-44-42-22-20-18-16-14-12-10-8-6-4-2)63-95-79-75(93)72(90)77(67(61-84)97-79)100-81-76(94)73(91)78(68(62-85)98-81)99-80-74(92)71(89)70(88)66(60-83)96-80/h5,7,11,13,17,19,23-24,26-27,29-30,32-33,35-36,38-39,41,43,48,50,56,58,64-68,70-81,83-86,88-94H,3-4,6,8-10,12,14-16,18,20-22,25,28,31,34,37,40,42,44-47,49,51-55,57,59-63H2,1-2H3,(H,82,87)/b7-5-,13-11-,19-17-,24-23-,27-26-,30-29-,33-32-,36-35-,39-38-,43-41-,50-48+,58-56+. The molecule has 3 rings (SSSR count). The Bertz CT molecular complexity index is 2380. The van der Waals surface area contributed by atoms with E-state index in [9.17, 15) is 61.0 Å². The molecule has 0 radical (unpaired) electrons. The molecule has 3 aliphatic heterocycles. The van der Waals surface area contributed by atoms with E-state index in [1.54, 1.807) is 6.08 Å². The van der Waals surface area contributed by atoms with E-state index in [1.807, 2.05) is 6.08 Å². The summed E-state index contributed by atoms with van der Waals surface area (Å²) in [6, 6.07) is -1.01. The summed E-state index contributed by atoms with van der Waals surface area (Å²) in [6.45, 7) is 1.57. The van der Waals surface area contributed by atoms with Crippen LogP contribution in [0.15, 0.2) is 146 Å². The van der Waals surface area contributed by atoms with Gasteiger partial charge >= 0.3 is 0 Å². The topological polar surface area (TPSA) is 307 Å². The summed E-state index contributed by atoms with van der Waals surface area (Å²) < 4.78 is 34.4. The van der Waals surface area contributed by atoms with Crippen molar-refractivity contribution in [2.24, 2.45) is 0 Å². The van der Waals surface area contributed by atoms with Crippen molar-refractivity contribution in [1.82, 2.24) is 5.32 Å². The van der Waals surface area contributed by atoms with E-state index in [0.29, 0.717) is 12.8 Å². The smallest absolute Gasteiger partial charge is 0.220 e. The van der Waals surface area contributed by atoms with Crippen molar-refractivity contribution in [1.29, 1.82) is 0 Å². The van der Waals surface area contributed by atoms with E-state index in [2.05, 4.69) is 153 Å². The minimum absolute atomic E-state index is 0.208. The Labute approximate surface area is 600 Å². The molecule has 3 fully saturated rings. The number of amides is 1. The van der Waals surface area contributed by atoms with E-state index >= 15 is 0 Å². The first-order valence-corrected chi connectivity index (χ1v) is 38.1. The van der Waals surface area contributed by atoms with E-state index in [0.717, 1.165) is 122 Å². The lowest BCUT2D eigenvalue weighted by Crippen LogP contribution is -2.66. The van der Waals surface area contributed by atoms with Crippen LogP contribution in [0.4, 0.5) is 0 Å². The average Bonchev–Trinajstić information content (AvgIpc) is 0.783. The number of carbonyl (C=O) groups is 1. The highest BCUT2D eigenvalue weighted by Gasteiger charge is 2.53. The lowest BCUT2D eigenvalue weighted by atomic mass is 9.96. The maximum atomic E-state index is 13.4. The molecule has 1 amide bonds. The molecule has 12 N–H and O–H groups in total. The van der Waals surface area contributed by atoms with Gasteiger partial charge in [-0.25, -0.2) is 0 Å². The molecule has 0 aliphatic carbocycles. The fourth-order valence-electron chi connectivity index (χ4n) is 11.8. The minimum atomic E-state index is -1.99. The van der Waals surface area contributed by atoms with Gasteiger partial charge in [0.05, 0.1) is 38.6 Å². The maximum absolute atomic E-state index is 13.4. The summed E-state index contributed by atoms with van der Waals surface area (Å²) in [5.74, 6) is -0.306. The molecule has 17 unspecified atom stereocenters. The Morgan fingerprint density at radius 1 is 0.370 bits per heavy atom. The lowest BCUT2D eigenvalue weighted by Gasteiger charge is -2.48. The largest absolute Gasteiger partial charge is 0.394 e. The lowest BCUT2D eigenvalue weighted by molar-refractivity contribution is -0.379. The van der Waals surface area contributed by atoms with Crippen LogP contribution in [-0.4, -0.2) is 193 Å². The first-order valence-electron chi connectivity index (χ1n) is 38.1. The third kappa shape index (κ3) is 40.1. The molecule has 0 saturated carbocycles. The number of allylic oxidation sites excluding steroid dienone is 23. The number of aliphatic hydroxyl groups is 11. The fraction of sp³-hybridized carbons (Fsp3) is 0.691. The van der Waals surface area contributed by atoms with Crippen LogP contribution in [0.3, 0.4) is 0 Å². The molecule has 0 aromatic heterocycles. The molecule has 0 aromatic rings. The SMILES string of the molecule is CC/C=C\C/C=C\C/C=C\C/C=C\C/C=C\C/C=C\C/C=C\C/C=C\C/C=C\C/C=C\CCCCCCCCC(=O)NC(COC1OC(CO)C(OC2OC(CO)C(OC3OC(CO)C(O)C(O)C3O)C(O)C2O)C(O)C1O)C(O)/C=C/CC/C=C/CCCCCCCCCCCCCC. The van der Waals surface area contributed by atoms with E-state index in [1.165, 1.54) is 70.6 Å². The molecular formula is C81H133NO18. The molecule has 19 nitrogen and oxygen atoms in total. The van der Waals surface area contributed by atoms with Crippen LogP contribution in [-0.2, 0) is 33.2 Å². The molecule has 100 heavy (non-hydrogen) atoms. The van der Waals surface area contributed by atoms with Gasteiger partial charge in [-0.05, 0) is 109 Å². The predicted octanol–water partition coefficient (Wildman–Crippen LogP) is 11.9. The summed E-state index contributed by atoms with van der Waals surface area (Å²) in [7, 11) is 0. The molecule has 3 aliphatic rings. The van der Waals surface area contributed by atoms with Crippen molar-refractivity contribution >= 4 is 5.91 Å². The number of hydrogen-bond donors (Lipinski definition) is 12. The van der Waals surface area contributed by atoms with Crippen LogP contribution < -0.4 is 5.32 Å². The van der Waals surface area contributed by atoms with Crippen LogP contribution in [0.5, 0.6) is 0 Å². The van der Waals surface area contributed by atoms with Gasteiger partial charge in [-0.3, -0.25) is 4.79 Å². The van der Waals surface area contributed by atoms with Crippen molar-refractivity contribution in [2.75, 3.05) is 26.4 Å².